The molecule has 0 fully saturated rings. The topological polar surface area (TPSA) is 82.5 Å². The molecule has 34 heavy (non-hydrogen) atoms. The van der Waals surface area contributed by atoms with Crippen LogP contribution in [-0.2, 0) is 11.3 Å². The van der Waals surface area contributed by atoms with Gasteiger partial charge in [-0.05, 0) is 47.7 Å². The van der Waals surface area contributed by atoms with Crippen LogP contribution in [0.25, 0.3) is 10.2 Å². The van der Waals surface area contributed by atoms with Gasteiger partial charge in [0.05, 0.1) is 37.2 Å². The smallest absolute Gasteiger partial charge is 0.272 e. The van der Waals surface area contributed by atoms with Gasteiger partial charge in [0.1, 0.15) is 16.2 Å². The molecule has 0 bridgehead atoms. The van der Waals surface area contributed by atoms with Crippen LogP contribution in [0.5, 0.6) is 11.5 Å². The summed E-state index contributed by atoms with van der Waals surface area (Å²) in [6.07, 6.45) is 0.561. The van der Waals surface area contributed by atoms with Gasteiger partial charge in [-0.2, -0.15) is 0 Å². The maximum absolute atomic E-state index is 13.3. The van der Waals surface area contributed by atoms with E-state index in [2.05, 4.69) is 5.32 Å². The number of hydrogen-bond acceptors (Lipinski definition) is 7. The second-order valence-corrected chi connectivity index (χ2v) is 9.56. The summed E-state index contributed by atoms with van der Waals surface area (Å²) >= 11 is 2.67. The molecule has 0 aliphatic carbocycles. The number of nitrogens with zero attached hydrogens (tertiary/aromatic N) is 2. The van der Waals surface area contributed by atoms with Crippen molar-refractivity contribution in [3.05, 3.63) is 75.9 Å². The number of carbonyl (C=O) groups is 1. The molecule has 176 valence electrons. The van der Waals surface area contributed by atoms with Gasteiger partial charge < -0.3 is 14.8 Å². The molecule has 4 rings (SSSR count). The number of anilines is 1. The average molecular weight is 496 g/mol. The van der Waals surface area contributed by atoms with Crippen LogP contribution < -0.4 is 20.3 Å². The highest BCUT2D eigenvalue weighted by molar-refractivity contribution is 8.00. The Balaban J connectivity index is 1.65. The first-order valence-electron chi connectivity index (χ1n) is 10.8. The van der Waals surface area contributed by atoms with E-state index in [1.165, 1.54) is 23.1 Å². The SMILES string of the molecule is CC[C@@H](Sc1nc2ccsc2c(=O)n1Cc1ccc(OC)cc1)C(=O)Nc1ccccc1OC. The number of nitrogens with one attached hydrogen (secondary N) is 1. The molecule has 2 aromatic heterocycles. The van der Waals surface area contributed by atoms with E-state index in [0.29, 0.717) is 39.8 Å². The molecule has 1 amide bonds. The van der Waals surface area contributed by atoms with E-state index in [-0.39, 0.29) is 11.5 Å². The lowest BCUT2D eigenvalue weighted by molar-refractivity contribution is -0.115. The van der Waals surface area contributed by atoms with Gasteiger partial charge in [-0.3, -0.25) is 14.2 Å². The number of aromatic nitrogens is 2. The number of methoxy groups -OCH3 is 2. The Kier molecular flexibility index (Phi) is 7.54. The predicted molar refractivity (Wildman–Crippen MR) is 138 cm³/mol. The Bertz CT molecular complexity index is 1350. The van der Waals surface area contributed by atoms with Crippen LogP contribution in [0, 0.1) is 0 Å². The average Bonchev–Trinajstić information content (AvgIpc) is 3.34. The van der Waals surface area contributed by atoms with Crippen molar-refractivity contribution in [2.75, 3.05) is 19.5 Å². The van der Waals surface area contributed by atoms with Gasteiger partial charge in [-0.15, -0.1) is 11.3 Å². The molecule has 0 spiro atoms. The summed E-state index contributed by atoms with van der Waals surface area (Å²) in [7, 11) is 3.18. The van der Waals surface area contributed by atoms with Gasteiger partial charge in [-0.1, -0.05) is 43.0 Å². The van der Waals surface area contributed by atoms with E-state index in [1.54, 1.807) is 30.9 Å². The zero-order valence-electron chi connectivity index (χ0n) is 19.1. The second kappa shape index (κ2) is 10.8. The number of fused-ring (bicyclic) bond motifs is 1. The lowest BCUT2D eigenvalue weighted by Crippen LogP contribution is -2.28. The number of thiophene rings is 1. The zero-order chi connectivity index (χ0) is 24.1. The minimum atomic E-state index is -0.449. The molecule has 2 aromatic carbocycles. The quantitative estimate of drug-likeness (QED) is 0.259. The summed E-state index contributed by atoms with van der Waals surface area (Å²) in [6, 6.07) is 16.7. The summed E-state index contributed by atoms with van der Waals surface area (Å²) in [4.78, 5) is 31.2. The number of ether oxygens (including phenoxy) is 2. The number of carbonyl (C=O) groups excluding carboxylic acids is 1. The normalized spacial score (nSPS) is 11.9. The highest BCUT2D eigenvalue weighted by Gasteiger charge is 2.23. The van der Waals surface area contributed by atoms with Crippen molar-refractivity contribution in [1.82, 2.24) is 9.55 Å². The molecule has 4 aromatic rings. The summed E-state index contributed by atoms with van der Waals surface area (Å²) in [5, 5.41) is 4.87. The lowest BCUT2D eigenvalue weighted by Gasteiger charge is -2.18. The van der Waals surface area contributed by atoms with E-state index < -0.39 is 5.25 Å². The molecule has 0 aliphatic rings. The van der Waals surface area contributed by atoms with Crippen LogP contribution in [0.1, 0.15) is 18.9 Å². The Morgan fingerprint density at radius 3 is 2.59 bits per heavy atom. The summed E-state index contributed by atoms with van der Waals surface area (Å²) in [6.45, 7) is 2.28. The molecule has 0 unspecified atom stereocenters. The highest BCUT2D eigenvalue weighted by atomic mass is 32.2. The summed E-state index contributed by atoms with van der Waals surface area (Å²) < 4.78 is 12.8. The van der Waals surface area contributed by atoms with Crippen molar-refractivity contribution in [2.45, 2.75) is 30.3 Å². The zero-order valence-corrected chi connectivity index (χ0v) is 20.7. The summed E-state index contributed by atoms with van der Waals surface area (Å²) in [5.41, 5.74) is 2.07. The number of para-hydroxylation sites is 2. The Hall–Kier alpha value is -3.30. The molecule has 0 saturated carbocycles. The van der Waals surface area contributed by atoms with Gasteiger partial charge in [0, 0.05) is 0 Å². The van der Waals surface area contributed by atoms with E-state index in [0.717, 1.165) is 11.3 Å². The van der Waals surface area contributed by atoms with Crippen molar-refractivity contribution in [3.8, 4) is 11.5 Å². The molecular formula is C25H25N3O4S2. The molecular weight excluding hydrogens is 470 g/mol. The van der Waals surface area contributed by atoms with E-state index in [4.69, 9.17) is 14.5 Å². The number of benzene rings is 2. The first kappa shape index (κ1) is 23.8. The maximum Gasteiger partial charge on any atom is 0.272 e. The van der Waals surface area contributed by atoms with Crippen LogP contribution in [0.4, 0.5) is 5.69 Å². The van der Waals surface area contributed by atoms with Gasteiger partial charge in [0.25, 0.3) is 5.56 Å². The number of hydrogen-bond donors (Lipinski definition) is 1. The van der Waals surface area contributed by atoms with Gasteiger partial charge in [0.15, 0.2) is 5.16 Å². The third-order valence-corrected chi connectivity index (χ3v) is 7.55. The van der Waals surface area contributed by atoms with Crippen molar-refractivity contribution in [1.29, 1.82) is 0 Å². The van der Waals surface area contributed by atoms with Crippen LogP contribution in [0.15, 0.2) is 69.9 Å². The van der Waals surface area contributed by atoms with E-state index >= 15 is 0 Å². The van der Waals surface area contributed by atoms with Crippen LogP contribution in [-0.4, -0.2) is 34.9 Å². The van der Waals surface area contributed by atoms with Crippen molar-refractivity contribution < 1.29 is 14.3 Å². The lowest BCUT2D eigenvalue weighted by atomic mass is 10.2. The molecule has 7 nitrogen and oxygen atoms in total. The third-order valence-electron chi connectivity index (χ3n) is 5.31. The van der Waals surface area contributed by atoms with Crippen LogP contribution in [0.2, 0.25) is 0 Å². The second-order valence-electron chi connectivity index (χ2n) is 7.47. The predicted octanol–water partition coefficient (Wildman–Crippen LogP) is 5.03. The maximum atomic E-state index is 13.3. The third kappa shape index (κ3) is 5.10. The standard InChI is InChI=1S/C25H25N3O4S2/c1-4-21(23(29)26-18-7-5-6-8-20(18)32-3)34-25-27-19-13-14-33-22(19)24(30)28(25)15-16-9-11-17(31-2)12-10-16/h5-14,21H,4,15H2,1-3H3,(H,26,29)/t21-/m1/s1. The Morgan fingerprint density at radius 1 is 1.12 bits per heavy atom. The Morgan fingerprint density at radius 2 is 1.88 bits per heavy atom. The molecule has 0 saturated heterocycles. The largest absolute Gasteiger partial charge is 0.497 e. The molecule has 9 heteroatoms. The number of rotatable bonds is 9. The fraction of sp³-hybridized carbons (Fsp3) is 0.240. The number of thioether (sulfide) groups is 1. The van der Waals surface area contributed by atoms with E-state index in [1.807, 2.05) is 54.8 Å². The molecule has 2 heterocycles. The van der Waals surface area contributed by atoms with Crippen LogP contribution in [0.3, 0.4) is 0 Å². The van der Waals surface area contributed by atoms with Gasteiger partial charge in [-0.25, -0.2) is 4.98 Å². The Labute approximate surface area is 205 Å². The highest BCUT2D eigenvalue weighted by Crippen LogP contribution is 2.29. The molecule has 0 aliphatic heterocycles. The number of amides is 1. The fourth-order valence-electron chi connectivity index (χ4n) is 3.48. The van der Waals surface area contributed by atoms with Crippen LogP contribution >= 0.6 is 23.1 Å². The minimum absolute atomic E-state index is 0.113. The molecule has 0 radical (unpaired) electrons. The monoisotopic (exact) mass is 495 g/mol. The summed E-state index contributed by atoms with van der Waals surface area (Å²) in [5.74, 6) is 1.16. The molecule has 1 N–H and O–H groups in total. The fourth-order valence-corrected chi connectivity index (χ4v) is 5.27. The first-order chi connectivity index (χ1) is 16.5. The van der Waals surface area contributed by atoms with Gasteiger partial charge >= 0.3 is 0 Å². The van der Waals surface area contributed by atoms with Crippen molar-refractivity contribution in [2.24, 2.45) is 0 Å². The minimum Gasteiger partial charge on any atom is -0.497 e. The van der Waals surface area contributed by atoms with Gasteiger partial charge in [0.2, 0.25) is 5.91 Å². The van der Waals surface area contributed by atoms with Crippen molar-refractivity contribution in [3.63, 3.8) is 0 Å². The van der Waals surface area contributed by atoms with Crippen molar-refractivity contribution >= 4 is 44.9 Å². The first-order valence-corrected chi connectivity index (χ1v) is 12.5. The molecule has 1 atom stereocenters. The van der Waals surface area contributed by atoms with E-state index in [9.17, 15) is 9.59 Å².